The third-order valence-corrected chi connectivity index (χ3v) is 4.50. The predicted octanol–water partition coefficient (Wildman–Crippen LogP) is 5.86. The van der Waals surface area contributed by atoms with Gasteiger partial charge in [0.25, 0.3) is 0 Å². The van der Waals surface area contributed by atoms with E-state index < -0.39 is 0 Å². The predicted molar refractivity (Wildman–Crippen MR) is 91.9 cm³/mol. The van der Waals surface area contributed by atoms with Gasteiger partial charge >= 0.3 is 0 Å². The van der Waals surface area contributed by atoms with E-state index in [-0.39, 0.29) is 0 Å². The molecule has 0 fully saturated rings. The van der Waals surface area contributed by atoms with Gasteiger partial charge in [0.2, 0.25) is 0 Å². The van der Waals surface area contributed by atoms with Crippen molar-refractivity contribution in [2.24, 2.45) is 0 Å². The van der Waals surface area contributed by atoms with E-state index in [4.69, 9.17) is 4.42 Å². The SMILES string of the molecule is Ic1ccccc1-c1ccc2c(c1)oc1ccccc12. The zero-order valence-corrected chi connectivity index (χ0v) is 12.8. The van der Waals surface area contributed by atoms with E-state index in [1.807, 2.05) is 18.2 Å². The molecule has 20 heavy (non-hydrogen) atoms. The Kier molecular flexibility index (Phi) is 2.77. The Morgan fingerprint density at radius 2 is 1.45 bits per heavy atom. The van der Waals surface area contributed by atoms with E-state index in [0.29, 0.717) is 0 Å². The second kappa shape index (κ2) is 4.63. The molecule has 3 aromatic carbocycles. The summed E-state index contributed by atoms with van der Waals surface area (Å²) in [5.74, 6) is 0. The zero-order chi connectivity index (χ0) is 13.5. The molecule has 1 aromatic heterocycles. The molecule has 4 rings (SSSR count). The van der Waals surface area contributed by atoms with Crippen molar-refractivity contribution < 1.29 is 4.42 Å². The van der Waals surface area contributed by atoms with Gasteiger partial charge in [0.05, 0.1) is 0 Å². The molecule has 1 heterocycles. The molecule has 0 N–H and O–H groups in total. The van der Waals surface area contributed by atoms with Crippen LogP contribution in [0.2, 0.25) is 0 Å². The van der Waals surface area contributed by atoms with Gasteiger partial charge < -0.3 is 4.42 Å². The van der Waals surface area contributed by atoms with Gasteiger partial charge in [-0.2, -0.15) is 0 Å². The molecule has 0 aliphatic rings. The van der Waals surface area contributed by atoms with Crippen LogP contribution in [0.4, 0.5) is 0 Å². The number of benzene rings is 3. The minimum atomic E-state index is 0.947. The summed E-state index contributed by atoms with van der Waals surface area (Å²) in [5.41, 5.74) is 4.34. The van der Waals surface area contributed by atoms with Crippen LogP contribution < -0.4 is 0 Å². The highest BCUT2D eigenvalue weighted by molar-refractivity contribution is 14.1. The van der Waals surface area contributed by atoms with Crippen LogP contribution in [-0.2, 0) is 0 Å². The van der Waals surface area contributed by atoms with Crippen molar-refractivity contribution in [1.82, 2.24) is 0 Å². The van der Waals surface area contributed by atoms with E-state index in [1.165, 1.54) is 25.5 Å². The lowest BCUT2D eigenvalue weighted by Crippen LogP contribution is -1.81. The first kappa shape index (κ1) is 12.0. The Labute approximate surface area is 130 Å². The van der Waals surface area contributed by atoms with Crippen molar-refractivity contribution in [2.45, 2.75) is 0 Å². The number of halogens is 1. The number of rotatable bonds is 1. The summed E-state index contributed by atoms with van der Waals surface area (Å²) < 4.78 is 7.20. The van der Waals surface area contributed by atoms with E-state index >= 15 is 0 Å². The summed E-state index contributed by atoms with van der Waals surface area (Å²) in [7, 11) is 0. The van der Waals surface area contributed by atoms with Crippen LogP contribution in [0, 0.1) is 3.57 Å². The first-order valence-corrected chi connectivity index (χ1v) is 7.57. The minimum absolute atomic E-state index is 0.947. The van der Waals surface area contributed by atoms with Crippen molar-refractivity contribution >= 4 is 44.5 Å². The smallest absolute Gasteiger partial charge is 0.136 e. The summed E-state index contributed by atoms with van der Waals surface area (Å²) in [6, 6.07) is 23.0. The molecule has 0 aliphatic heterocycles. The van der Waals surface area contributed by atoms with E-state index in [2.05, 4.69) is 71.1 Å². The molecule has 0 bridgehead atoms. The summed E-state index contributed by atoms with van der Waals surface area (Å²) in [6.45, 7) is 0. The highest BCUT2D eigenvalue weighted by atomic mass is 127. The summed E-state index contributed by atoms with van der Waals surface area (Å²) in [6.07, 6.45) is 0. The van der Waals surface area contributed by atoms with Crippen molar-refractivity contribution in [1.29, 1.82) is 0 Å². The van der Waals surface area contributed by atoms with Crippen LogP contribution in [0.15, 0.2) is 71.1 Å². The highest BCUT2D eigenvalue weighted by Crippen LogP contribution is 2.33. The Balaban J connectivity index is 2.00. The lowest BCUT2D eigenvalue weighted by molar-refractivity contribution is 0.669. The zero-order valence-electron chi connectivity index (χ0n) is 10.6. The molecule has 4 aromatic rings. The molecule has 0 atom stereocenters. The van der Waals surface area contributed by atoms with Gasteiger partial charge in [-0.05, 0) is 58.0 Å². The third-order valence-electron chi connectivity index (χ3n) is 3.56. The lowest BCUT2D eigenvalue weighted by Gasteiger charge is -2.04. The monoisotopic (exact) mass is 370 g/mol. The Morgan fingerprint density at radius 1 is 0.700 bits per heavy atom. The molecular formula is C18H11IO. The topological polar surface area (TPSA) is 13.1 Å². The molecule has 1 nitrogen and oxygen atoms in total. The van der Waals surface area contributed by atoms with Crippen LogP contribution in [0.1, 0.15) is 0 Å². The van der Waals surface area contributed by atoms with Gasteiger partial charge in [-0.25, -0.2) is 0 Å². The average Bonchev–Trinajstić information content (AvgIpc) is 2.85. The molecule has 2 heteroatoms. The first-order valence-electron chi connectivity index (χ1n) is 6.49. The molecule has 0 saturated heterocycles. The molecule has 0 radical (unpaired) electrons. The highest BCUT2D eigenvalue weighted by Gasteiger charge is 2.08. The second-order valence-corrected chi connectivity index (χ2v) is 5.95. The molecule has 0 unspecified atom stereocenters. The van der Waals surface area contributed by atoms with Crippen molar-refractivity contribution in [2.75, 3.05) is 0 Å². The van der Waals surface area contributed by atoms with Gasteiger partial charge in [0, 0.05) is 14.3 Å². The largest absolute Gasteiger partial charge is 0.456 e. The fourth-order valence-electron chi connectivity index (χ4n) is 2.59. The molecular weight excluding hydrogens is 359 g/mol. The van der Waals surface area contributed by atoms with Gasteiger partial charge in [-0.3, -0.25) is 0 Å². The first-order chi connectivity index (χ1) is 9.83. The standard InChI is InChI=1S/C18H11IO/c19-16-7-3-1-5-13(16)12-9-10-15-14-6-2-4-8-17(14)20-18(15)11-12/h1-11H. The normalized spacial score (nSPS) is 11.2. The average molecular weight is 370 g/mol. The Morgan fingerprint density at radius 3 is 2.35 bits per heavy atom. The van der Waals surface area contributed by atoms with Crippen molar-refractivity contribution in [3.8, 4) is 11.1 Å². The van der Waals surface area contributed by atoms with Crippen LogP contribution >= 0.6 is 22.6 Å². The van der Waals surface area contributed by atoms with Crippen LogP contribution in [0.5, 0.6) is 0 Å². The van der Waals surface area contributed by atoms with E-state index in [1.54, 1.807) is 0 Å². The van der Waals surface area contributed by atoms with E-state index in [9.17, 15) is 0 Å². The molecule has 96 valence electrons. The number of hydrogen-bond acceptors (Lipinski definition) is 1. The minimum Gasteiger partial charge on any atom is -0.456 e. The summed E-state index contributed by atoms with van der Waals surface area (Å²) >= 11 is 2.37. The van der Waals surface area contributed by atoms with Gasteiger partial charge in [-0.1, -0.05) is 42.5 Å². The molecule has 0 aliphatic carbocycles. The number of fused-ring (bicyclic) bond motifs is 3. The Bertz CT molecular complexity index is 921. The maximum absolute atomic E-state index is 5.95. The van der Waals surface area contributed by atoms with Crippen molar-refractivity contribution in [3.63, 3.8) is 0 Å². The second-order valence-electron chi connectivity index (χ2n) is 4.79. The van der Waals surface area contributed by atoms with Crippen LogP contribution in [0.3, 0.4) is 0 Å². The van der Waals surface area contributed by atoms with Gasteiger partial charge in [0.15, 0.2) is 0 Å². The number of furan rings is 1. The number of para-hydroxylation sites is 1. The molecule has 0 saturated carbocycles. The maximum Gasteiger partial charge on any atom is 0.136 e. The Hall–Kier alpha value is -1.81. The third kappa shape index (κ3) is 1.83. The van der Waals surface area contributed by atoms with Crippen molar-refractivity contribution in [3.05, 3.63) is 70.3 Å². The van der Waals surface area contributed by atoms with E-state index in [0.717, 1.165) is 11.2 Å². The van der Waals surface area contributed by atoms with Gasteiger partial charge in [0.1, 0.15) is 11.2 Å². The quantitative estimate of drug-likeness (QED) is 0.383. The fourth-order valence-corrected chi connectivity index (χ4v) is 3.29. The lowest BCUT2D eigenvalue weighted by atomic mass is 10.0. The maximum atomic E-state index is 5.95. The van der Waals surface area contributed by atoms with Crippen LogP contribution in [0.25, 0.3) is 33.1 Å². The van der Waals surface area contributed by atoms with Crippen LogP contribution in [-0.4, -0.2) is 0 Å². The molecule has 0 amide bonds. The van der Waals surface area contributed by atoms with Gasteiger partial charge in [-0.15, -0.1) is 0 Å². The summed E-state index contributed by atoms with van der Waals surface area (Å²) in [4.78, 5) is 0. The number of hydrogen-bond donors (Lipinski definition) is 0. The summed E-state index contributed by atoms with van der Waals surface area (Å²) in [5, 5.41) is 2.35. The molecule has 0 spiro atoms. The fraction of sp³-hybridized carbons (Fsp3) is 0.